The van der Waals surface area contributed by atoms with Gasteiger partial charge in [0.25, 0.3) is 0 Å². The van der Waals surface area contributed by atoms with Gasteiger partial charge in [0.05, 0.1) is 24.2 Å². The van der Waals surface area contributed by atoms with Gasteiger partial charge in [0.15, 0.2) is 16.8 Å². The molecule has 9 nitrogen and oxygen atoms in total. The van der Waals surface area contributed by atoms with Crippen LogP contribution in [-0.4, -0.2) is 54.2 Å². The minimum atomic E-state index is -0.257. The molecule has 2 aromatic carbocycles. The molecule has 0 atom stereocenters. The van der Waals surface area contributed by atoms with Crippen LogP contribution in [0.1, 0.15) is 24.2 Å². The summed E-state index contributed by atoms with van der Waals surface area (Å²) in [6, 6.07) is 21.4. The van der Waals surface area contributed by atoms with Crippen molar-refractivity contribution in [3.63, 3.8) is 0 Å². The van der Waals surface area contributed by atoms with Gasteiger partial charge in [0.2, 0.25) is 5.91 Å². The van der Waals surface area contributed by atoms with Gasteiger partial charge in [-0.3, -0.25) is 14.3 Å². The Kier molecular flexibility index (Phi) is 6.88. The number of hydrogen-bond donors (Lipinski definition) is 1. The fourth-order valence-electron chi connectivity index (χ4n) is 4.09. The van der Waals surface area contributed by atoms with Crippen LogP contribution in [0.2, 0.25) is 0 Å². The van der Waals surface area contributed by atoms with Crippen LogP contribution in [0.3, 0.4) is 0 Å². The molecule has 0 spiro atoms. The van der Waals surface area contributed by atoms with Gasteiger partial charge in [-0.2, -0.15) is 10.4 Å². The van der Waals surface area contributed by atoms with Crippen molar-refractivity contribution >= 4 is 23.5 Å². The van der Waals surface area contributed by atoms with Crippen molar-refractivity contribution in [3.8, 4) is 17.4 Å². The van der Waals surface area contributed by atoms with Crippen LogP contribution in [0.15, 0.2) is 72.0 Å². The quantitative estimate of drug-likeness (QED) is 0.381. The number of likely N-dealkylation sites (tertiary alicyclic amines) is 1. The van der Waals surface area contributed by atoms with Crippen molar-refractivity contribution in [1.29, 1.82) is 5.26 Å². The number of aromatic nitrogens is 5. The third kappa shape index (κ3) is 5.11. The molecule has 0 aliphatic carbocycles. The van der Waals surface area contributed by atoms with Gasteiger partial charge in [-0.15, -0.1) is 10.2 Å². The molecule has 1 N–H and O–H groups in total. The van der Waals surface area contributed by atoms with Gasteiger partial charge in [0.1, 0.15) is 11.6 Å². The second-order valence-corrected chi connectivity index (χ2v) is 9.10. The van der Waals surface area contributed by atoms with Crippen molar-refractivity contribution in [3.05, 3.63) is 78.2 Å². The standard InChI is InChI=1S/C25H24N8OS/c26-15-19-16-27-33(21-11-5-2-6-12-21)24(19)28-23(34)18-35-25-30-29-22(17-31-13-7-8-14-31)32(25)20-9-3-1-4-10-20/h1-6,9-12,16H,7-8,13-14,17-18H2,(H,28,34). The second kappa shape index (κ2) is 10.5. The summed E-state index contributed by atoms with van der Waals surface area (Å²) < 4.78 is 3.58. The third-order valence-electron chi connectivity index (χ3n) is 5.76. The fraction of sp³-hybridized carbons (Fsp3) is 0.240. The monoisotopic (exact) mass is 484 g/mol. The van der Waals surface area contributed by atoms with Crippen LogP contribution in [-0.2, 0) is 11.3 Å². The lowest BCUT2D eigenvalue weighted by molar-refractivity contribution is -0.113. The number of carbonyl (C=O) groups is 1. The number of thioether (sulfide) groups is 1. The Morgan fingerprint density at radius 3 is 2.37 bits per heavy atom. The van der Waals surface area contributed by atoms with E-state index < -0.39 is 0 Å². The molecule has 0 bridgehead atoms. The number of rotatable bonds is 8. The van der Waals surface area contributed by atoms with E-state index in [0.717, 1.165) is 36.8 Å². The summed E-state index contributed by atoms with van der Waals surface area (Å²) in [4.78, 5) is 15.3. The van der Waals surface area contributed by atoms with Gasteiger partial charge in [0, 0.05) is 5.69 Å². The first kappa shape index (κ1) is 22.8. The van der Waals surface area contributed by atoms with E-state index in [1.165, 1.54) is 30.8 Å². The zero-order valence-electron chi connectivity index (χ0n) is 19.0. The number of para-hydroxylation sites is 2. The first-order valence-electron chi connectivity index (χ1n) is 11.4. The number of nitrogens with zero attached hydrogens (tertiary/aromatic N) is 7. The third-order valence-corrected chi connectivity index (χ3v) is 6.69. The molecule has 1 amide bonds. The number of anilines is 1. The fourth-order valence-corrected chi connectivity index (χ4v) is 4.86. The SMILES string of the molecule is N#Cc1cnn(-c2ccccc2)c1NC(=O)CSc1nnc(CN2CCCC2)n1-c1ccccc1. The van der Waals surface area contributed by atoms with Gasteiger partial charge in [-0.05, 0) is 50.2 Å². The van der Waals surface area contributed by atoms with Crippen molar-refractivity contribution in [2.24, 2.45) is 0 Å². The molecule has 10 heteroatoms. The Labute approximate surface area is 207 Å². The number of amides is 1. The van der Waals surface area contributed by atoms with E-state index in [-0.39, 0.29) is 11.7 Å². The zero-order chi connectivity index (χ0) is 24.0. The molecule has 0 radical (unpaired) electrons. The van der Waals surface area contributed by atoms with Crippen molar-refractivity contribution in [2.45, 2.75) is 24.5 Å². The largest absolute Gasteiger partial charge is 0.309 e. The number of hydrogen-bond acceptors (Lipinski definition) is 7. The van der Waals surface area contributed by atoms with Crippen LogP contribution >= 0.6 is 11.8 Å². The maximum absolute atomic E-state index is 12.9. The minimum Gasteiger partial charge on any atom is -0.309 e. The first-order chi connectivity index (χ1) is 17.2. The molecule has 0 unspecified atom stereocenters. The lowest BCUT2D eigenvalue weighted by Gasteiger charge is -2.16. The van der Waals surface area contributed by atoms with Crippen LogP contribution in [0, 0.1) is 11.3 Å². The number of nitriles is 1. The highest BCUT2D eigenvalue weighted by atomic mass is 32.2. The average Bonchev–Trinajstić information content (AvgIpc) is 3.64. The normalized spacial score (nSPS) is 13.6. The summed E-state index contributed by atoms with van der Waals surface area (Å²) >= 11 is 1.31. The van der Waals surface area contributed by atoms with E-state index in [1.807, 2.05) is 65.2 Å². The van der Waals surface area contributed by atoms with Crippen molar-refractivity contribution < 1.29 is 4.79 Å². The van der Waals surface area contributed by atoms with Gasteiger partial charge >= 0.3 is 0 Å². The van der Waals surface area contributed by atoms with Crippen LogP contribution in [0.25, 0.3) is 11.4 Å². The highest BCUT2D eigenvalue weighted by Crippen LogP contribution is 2.25. The van der Waals surface area contributed by atoms with Crippen molar-refractivity contribution in [2.75, 3.05) is 24.2 Å². The van der Waals surface area contributed by atoms with Crippen molar-refractivity contribution in [1.82, 2.24) is 29.4 Å². The minimum absolute atomic E-state index is 0.111. The summed E-state index contributed by atoms with van der Waals surface area (Å²) in [6.07, 6.45) is 3.85. The van der Waals surface area contributed by atoms with E-state index in [0.29, 0.717) is 16.5 Å². The first-order valence-corrected chi connectivity index (χ1v) is 12.4. The second-order valence-electron chi connectivity index (χ2n) is 8.16. The predicted molar refractivity (Wildman–Crippen MR) is 134 cm³/mol. The Balaban J connectivity index is 1.34. The van der Waals surface area contributed by atoms with Gasteiger partial charge < -0.3 is 5.32 Å². The molecule has 0 saturated carbocycles. The predicted octanol–water partition coefficient (Wildman–Crippen LogP) is 3.65. The zero-order valence-corrected chi connectivity index (χ0v) is 19.9. The molecule has 4 aromatic rings. The molecule has 2 aromatic heterocycles. The van der Waals surface area contributed by atoms with Gasteiger partial charge in [-0.25, -0.2) is 4.68 Å². The smallest absolute Gasteiger partial charge is 0.236 e. The van der Waals surface area contributed by atoms with E-state index in [9.17, 15) is 10.1 Å². The van der Waals surface area contributed by atoms with E-state index in [4.69, 9.17) is 0 Å². The van der Waals surface area contributed by atoms with E-state index in [1.54, 1.807) is 4.68 Å². The molecular weight excluding hydrogens is 460 g/mol. The molecule has 3 heterocycles. The molecule has 176 valence electrons. The van der Waals surface area contributed by atoms with Crippen LogP contribution < -0.4 is 5.32 Å². The molecule has 5 rings (SSSR count). The summed E-state index contributed by atoms with van der Waals surface area (Å²) in [6.45, 7) is 2.84. The van der Waals surface area contributed by atoms with Crippen LogP contribution in [0.5, 0.6) is 0 Å². The lowest BCUT2D eigenvalue weighted by atomic mass is 10.3. The average molecular weight is 485 g/mol. The molecular formula is C25H24N8OS. The molecule has 1 aliphatic heterocycles. The Bertz CT molecular complexity index is 1340. The Morgan fingerprint density at radius 1 is 1.00 bits per heavy atom. The maximum Gasteiger partial charge on any atom is 0.236 e. The molecule has 1 fully saturated rings. The molecule has 35 heavy (non-hydrogen) atoms. The number of benzene rings is 2. The number of carbonyl (C=O) groups excluding carboxylic acids is 1. The molecule has 1 saturated heterocycles. The summed E-state index contributed by atoms with van der Waals surface area (Å²) in [5.74, 6) is 1.06. The number of nitrogens with one attached hydrogen (secondary N) is 1. The van der Waals surface area contributed by atoms with E-state index >= 15 is 0 Å². The lowest BCUT2D eigenvalue weighted by Crippen LogP contribution is -2.21. The van der Waals surface area contributed by atoms with E-state index in [2.05, 4.69) is 31.6 Å². The van der Waals surface area contributed by atoms with Gasteiger partial charge in [-0.1, -0.05) is 48.2 Å². The topological polar surface area (TPSA) is 105 Å². The summed E-state index contributed by atoms with van der Waals surface area (Å²) in [5.41, 5.74) is 2.02. The highest BCUT2D eigenvalue weighted by molar-refractivity contribution is 7.99. The summed E-state index contributed by atoms with van der Waals surface area (Å²) in [7, 11) is 0. The Hall–Kier alpha value is -3.94. The Morgan fingerprint density at radius 2 is 1.69 bits per heavy atom. The molecule has 1 aliphatic rings. The van der Waals surface area contributed by atoms with Crippen LogP contribution in [0.4, 0.5) is 5.82 Å². The summed E-state index contributed by atoms with van der Waals surface area (Å²) in [5, 5.41) is 26.1. The highest BCUT2D eigenvalue weighted by Gasteiger charge is 2.21. The maximum atomic E-state index is 12.9.